The zero-order chi connectivity index (χ0) is 12.0. The van der Waals surface area contributed by atoms with E-state index in [1.807, 2.05) is 0 Å². The van der Waals surface area contributed by atoms with Gasteiger partial charge in [-0.2, -0.15) is 0 Å². The molecule has 0 amide bonds. The third-order valence-corrected chi connectivity index (χ3v) is 1.85. The fourth-order valence-corrected chi connectivity index (χ4v) is 1.16. The Kier molecular flexibility index (Phi) is 4.68. The van der Waals surface area contributed by atoms with Gasteiger partial charge in [-0.25, -0.2) is 4.98 Å². The molecule has 0 atom stereocenters. The molecule has 0 bridgehead atoms. The van der Waals surface area contributed by atoms with Crippen LogP contribution >= 0.6 is 11.6 Å². The summed E-state index contributed by atoms with van der Waals surface area (Å²) >= 11 is 5.61. The number of halogens is 1. The monoisotopic (exact) mass is 243 g/mol. The molecule has 1 aromatic rings. The fraction of sp³-hybridized carbons (Fsp3) is 0.222. The predicted octanol–water partition coefficient (Wildman–Crippen LogP) is 1.50. The largest absolute Gasteiger partial charge is 0.280 e. The van der Waals surface area contributed by atoms with Gasteiger partial charge in [0, 0.05) is 11.1 Å². The lowest BCUT2D eigenvalue weighted by Crippen LogP contribution is -2.18. The van der Waals surface area contributed by atoms with E-state index >= 15 is 0 Å². The van der Waals surface area contributed by atoms with E-state index in [1.165, 1.54) is 13.3 Å². The Hall–Kier alpha value is -1.66. The van der Waals surface area contributed by atoms with Crippen LogP contribution in [0.5, 0.6) is 0 Å². The summed E-state index contributed by atoms with van der Waals surface area (Å²) in [6.45, 7) is -0.351. The van der Waals surface area contributed by atoms with E-state index in [0.717, 1.165) is 0 Å². The van der Waals surface area contributed by atoms with Gasteiger partial charge in [0.2, 0.25) is 6.54 Å². The van der Waals surface area contributed by atoms with Crippen LogP contribution in [0.3, 0.4) is 0 Å². The molecule has 0 aromatic carbocycles. The summed E-state index contributed by atoms with van der Waals surface area (Å²) in [5.41, 5.74) is 3.47. The first-order valence-electron chi connectivity index (χ1n) is 4.34. The minimum absolute atomic E-state index is 0.330. The Labute approximate surface area is 97.0 Å². The maximum atomic E-state index is 10.4. The molecule has 6 nitrogen and oxygen atoms in total. The quantitative estimate of drug-likeness (QED) is 0.482. The van der Waals surface area contributed by atoms with Crippen LogP contribution in [0.2, 0.25) is 5.15 Å². The summed E-state index contributed by atoms with van der Waals surface area (Å²) in [5, 5.41) is 10.7. The molecular weight excluding hydrogens is 234 g/mol. The van der Waals surface area contributed by atoms with Gasteiger partial charge in [0.05, 0.1) is 7.11 Å². The molecular formula is C9H10ClN3O3. The SMILES string of the molecule is CONC(=Cc1ccc(Cl)nc1)C[N+](=O)[O-]. The Balaban J connectivity index is 2.83. The first-order chi connectivity index (χ1) is 7.61. The van der Waals surface area contributed by atoms with Gasteiger partial charge in [0.1, 0.15) is 10.9 Å². The van der Waals surface area contributed by atoms with Gasteiger partial charge in [-0.15, -0.1) is 0 Å². The van der Waals surface area contributed by atoms with Gasteiger partial charge in [-0.05, 0) is 17.7 Å². The van der Waals surface area contributed by atoms with Crippen LogP contribution in [0, 0.1) is 10.1 Å². The summed E-state index contributed by atoms with van der Waals surface area (Å²) in [7, 11) is 1.38. The highest BCUT2D eigenvalue weighted by molar-refractivity contribution is 6.29. The predicted molar refractivity (Wildman–Crippen MR) is 59.2 cm³/mol. The van der Waals surface area contributed by atoms with Crippen molar-refractivity contribution in [2.24, 2.45) is 0 Å². The van der Waals surface area contributed by atoms with Crippen molar-refractivity contribution in [1.29, 1.82) is 0 Å². The molecule has 0 aliphatic rings. The zero-order valence-electron chi connectivity index (χ0n) is 8.51. The number of hydrogen-bond donors (Lipinski definition) is 1. The van der Waals surface area contributed by atoms with Crippen LogP contribution < -0.4 is 5.48 Å². The van der Waals surface area contributed by atoms with Gasteiger partial charge in [-0.1, -0.05) is 17.7 Å². The molecule has 0 radical (unpaired) electrons. The molecule has 1 rings (SSSR count). The number of pyridine rings is 1. The van der Waals surface area contributed by atoms with Gasteiger partial charge in [0.25, 0.3) is 0 Å². The molecule has 0 aliphatic heterocycles. The highest BCUT2D eigenvalue weighted by atomic mass is 35.5. The van der Waals surface area contributed by atoms with Gasteiger partial charge >= 0.3 is 0 Å². The second kappa shape index (κ2) is 6.04. The molecule has 16 heavy (non-hydrogen) atoms. The van der Waals surface area contributed by atoms with Crippen LogP contribution in [-0.2, 0) is 4.84 Å². The highest BCUT2D eigenvalue weighted by Gasteiger charge is 2.05. The lowest BCUT2D eigenvalue weighted by molar-refractivity contribution is -0.472. The molecule has 86 valence electrons. The van der Waals surface area contributed by atoms with Gasteiger partial charge in [0.15, 0.2) is 0 Å². The number of nitro groups is 1. The molecule has 0 fully saturated rings. The number of rotatable bonds is 5. The van der Waals surface area contributed by atoms with Crippen molar-refractivity contribution < 1.29 is 9.76 Å². The number of nitrogens with zero attached hydrogens (tertiary/aromatic N) is 2. The van der Waals surface area contributed by atoms with E-state index in [2.05, 4.69) is 15.3 Å². The van der Waals surface area contributed by atoms with Crippen molar-refractivity contribution >= 4 is 17.7 Å². The second-order valence-corrected chi connectivity index (χ2v) is 3.27. The zero-order valence-corrected chi connectivity index (χ0v) is 9.27. The smallest absolute Gasteiger partial charge is 0.245 e. The number of nitrogens with one attached hydrogen (secondary N) is 1. The molecule has 1 heterocycles. The Morgan fingerprint density at radius 2 is 2.50 bits per heavy atom. The summed E-state index contributed by atoms with van der Waals surface area (Å²) in [5.74, 6) is 0. The molecule has 0 saturated carbocycles. The molecule has 1 aromatic heterocycles. The maximum absolute atomic E-state index is 10.4. The van der Waals surface area contributed by atoms with Crippen LogP contribution in [0.25, 0.3) is 6.08 Å². The van der Waals surface area contributed by atoms with Crippen molar-refractivity contribution in [2.45, 2.75) is 0 Å². The van der Waals surface area contributed by atoms with Crippen LogP contribution in [0.1, 0.15) is 5.56 Å². The van der Waals surface area contributed by atoms with Gasteiger partial charge in [-0.3, -0.25) is 20.4 Å². The summed E-state index contributed by atoms with van der Waals surface area (Å²) in [6.07, 6.45) is 3.08. The van der Waals surface area contributed by atoms with Crippen molar-refractivity contribution in [3.8, 4) is 0 Å². The van der Waals surface area contributed by atoms with E-state index in [9.17, 15) is 10.1 Å². The Bertz CT molecular complexity index is 391. The third-order valence-electron chi connectivity index (χ3n) is 1.62. The van der Waals surface area contributed by atoms with Crippen molar-refractivity contribution in [3.63, 3.8) is 0 Å². The van der Waals surface area contributed by atoms with E-state index < -0.39 is 4.92 Å². The van der Waals surface area contributed by atoms with Crippen LogP contribution in [-0.4, -0.2) is 23.6 Å². The topological polar surface area (TPSA) is 77.3 Å². The molecule has 1 N–H and O–H groups in total. The molecule has 0 unspecified atom stereocenters. The van der Waals surface area contributed by atoms with Crippen LogP contribution in [0.15, 0.2) is 24.0 Å². The second-order valence-electron chi connectivity index (χ2n) is 2.88. The lowest BCUT2D eigenvalue weighted by Gasteiger charge is -2.04. The minimum Gasteiger partial charge on any atom is -0.280 e. The van der Waals surface area contributed by atoms with Gasteiger partial charge < -0.3 is 0 Å². The standard InChI is InChI=1S/C9H10ClN3O3/c1-16-12-8(6-13(14)15)4-7-2-3-9(10)11-5-7/h2-5,12H,6H2,1H3. The van der Waals surface area contributed by atoms with E-state index in [0.29, 0.717) is 16.4 Å². The minimum atomic E-state index is -0.457. The van der Waals surface area contributed by atoms with Crippen molar-refractivity contribution in [2.75, 3.05) is 13.7 Å². The number of hydrogen-bond acceptors (Lipinski definition) is 5. The average Bonchev–Trinajstić information content (AvgIpc) is 2.21. The van der Waals surface area contributed by atoms with Crippen molar-refractivity contribution in [1.82, 2.24) is 10.5 Å². The van der Waals surface area contributed by atoms with Crippen LogP contribution in [0.4, 0.5) is 0 Å². The average molecular weight is 244 g/mol. The first-order valence-corrected chi connectivity index (χ1v) is 4.72. The Morgan fingerprint density at radius 3 is 3.00 bits per heavy atom. The number of aromatic nitrogens is 1. The molecule has 0 saturated heterocycles. The normalized spacial score (nSPS) is 11.2. The Morgan fingerprint density at radius 1 is 1.75 bits per heavy atom. The molecule has 7 heteroatoms. The first kappa shape index (κ1) is 12.4. The molecule has 0 aliphatic carbocycles. The fourth-order valence-electron chi connectivity index (χ4n) is 1.05. The highest BCUT2D eigenvalue weighted by Crippen LogP contribution is 2.08. The summed E-state index contributed by atoms with van der Waals surface area (Å²) < 4.78 is 0. The summed E-state index contributed by atoms with van der Waals surface area (Å²) in [4.78, 5) is 18.4. The third kappa shape index (κ3) is 4.24. The van der Waals surface area contributed by atoms with E-state index in [4.69, 9.17) is 11.6 Å². The molecule has 0 spiro atoms. The van der Waals surface area contributed by atoms with Crippen molar-refractivity contribution in [3.05, 3.63) is 44.9 Å². The maximum Gasteiger partial charge on any atom is 0.245 e. The lowest BCUT2D eigenvalue weighted by atomic mass is 10.2. The van der Waals surface area contributed by atoms with E-state index in [-0.39, 0.29) is 6.54 Å². The van der Waals surface area contributed by atoms with E-state index in [1.54, 1.807) is 18.2 Å². The number of hydroxylamine groups is 1. The summed E-state index contributed by atoms with van der Waals surface area (Å²) in [6, 6.07) is 3.30.